The smallest absolute Gasteiger partial charge is 0.148 e. The van der Waals surface area contributed by atoms with Crippen LogP contribution in [0.1, 0.15) is 0 Å². The zero-order valence-corrected chi connectivity index (χ0v) is 24.3. The third kappa shape index (κ3) is 3.05. The Bertz CT molecular complexity index is 2880. The monoisotopic (exact) mass is 577 g/mol. The summed E-state index contributed by atoms with van der Waals surface area (Å²) in [6, 6.07) is 49.8. The highest BCUT2D eigenvalue weighted by Gasteiger charge is 2.20. The van der Waals surface area contributed by atoms with Crippen LogP contribution >= 0.6 is 12.2 Å². The standard InChI is InChI=1S/C40H23N3S/c44-40-31-16-6-5-15-30(31)37-38(32-17-7-9-19-35(32)43-36-20-10-8-18-34(36)41-39(37)43)42(40)24-21-22-29-27-13-2-1-11-25(27)26-12-3-4-14-28(26)33(29)23-24/h1-23H. The van der Waals surface area contributed by atoms with E-state index in [-0.39, 0.29) is 0 Å². The molecule has 10 rings (SSSR count). The minimum absolute atomic E-state index is 0.795. The third-order valence-electron chi connectivity index (χ3n) is 9.26. The van der Waals surface area contributed by atoms with Crippen LogP contribution in [0.3, 0.4) is 0 Å². The lowest BCUT2D eigenvalue weighted by molar-refractivity contribution is 1.10. The Morgan fingerprint density at radius 2 is 0.977 bits per heavy atom. The first-order valence-corrected chi connectivity index (χ1v) is 15.3. The molecule has 0 fully saturated rings. The van der Waals surface area contributed by atoms with Gasteiger partial charge in [0.25, 0.3) is 0 Å². The van der Waals surface area contributed by atoms with Crippen molar-refractivity contribution in [3.63, 3.8) is 0 Å². The molecule has 3 aromatic heterocycles. The van der Waals surface area contributed by atoms with Gasteiger partial charge in [0.05, 0.1) is 27.5 Å². The highest BCUT2D eigenvalue weighted by molar-refractivity contribution is 7.71. The van der Waals surface area contributed by atoms with E-state index in [9.17, 15) is 0 Å². The number of pyridine rings is 2. The van der Waals surface area contributed by atoms with Gasteiger partial charge in [-0.1, -0.05) is 121 Å². The highest BCUT2D eigenvalue weighted by atomic mass is 32.1. The summed E-state index contributed by atoms with van der Waals surface area (Å²) in [6.07, 6.45) is 0. The molecule has 0 atom stereocenters. The fourth-order valence-corrected chi connectivity index (χ4v) is 7.79. The van der Waals surface area contributed by atoms with Crippen LogP contribution in [-0.4, -0.2) is 14.0 Å². The molecule has 0 radical (unpaired) electrons. The van der Waals surface area contributed by atoms with Crippen molar-refractivity contribution < 1.29 is 0 Å². The lowest BCUT2D eigenvalue weighted by Crippen LogP contribution is -2.04. The maximum absolute atomic E-state index is 6.38. The molecular formula is C40H23N3S. The number of rotatable bonds is 1. The molecular weight excluding hydrogens is 555 g/mol. The second-order valence-electron chi connectivity index (χ2n) is 11.5. The largest absolute Gasteiger partial charge is 0.299 e. The summed E-state index contributed by atoms with van der Waals surface area (Å²) < 4.78 is 5.40. The first-order chi connectivity index (χ1) is 21.8. The normalized spacial score (nSPS) is 12.2. The van der Waals surface area contributed by atoms with E-state index in [2.05, 4.69) is 148 Å². The van der Waals surface area contributed by atoms with Crippen molar-refractivity contribution >= 4 is 93.8 Å². The van der Waals surface area contributed by atoms with E-state index in [1.165, 1.54) is 32.3 Å². The second kappa shape index (κ2) is 8.73. The number of aromatic nitrogens is 3. The van der Waals surface area contributed by atoms with Gasteiger partial charge in [-0.25, -0.2) is 4.98 Å². The Balaban J connectivity index is 1.46. The van der Waals surface area contributed by atoms with Crippen molar-refractivity contribution in [3.05, 3.63) is 144 Å². The maximum atomic E-state index is 6.38. The lowest BCUT2D eigenvalue weighted by Gasteiger charge is -2.19. The molecule has 204 valence electrons. The van der Waals surface area contributed by atoms with Crippen LogP contribution in [-0.2, 0) is 0 Å². The van der Waals surface area contributed by atoms with Gasteiger partial charge in [-0.05, 0) is 68.0 Å². The zero-order valence-electron chi connectivity index (χ0n) is 23.5. The summed E-state index contributed by atoms with van der Waals surface area (Å²) in [5.41, 5.74) is 6.26. The van der Waals surface area contributed by atoms with Crippen LogP contribution in [0.15, 0.2) is 140 Å². The molecule has 0 saturated carbocycles. The van der Waals surface area contributed by atoms with Crippen LogP contribution in [0.4, 0.5) is 0 Å². The van der Waals surface area contributed by atoms with Crippen LogP contribution in [0, 0.1) is 4.64 Å². The van der Waals surface area contributed by atoms with Gasteiger partial charge in [-0.3, -0.25) is 8.97 Å². The van der Waals surface area contributed by atoms with Gasteiger partial charge in [0.1, 0.15) is 10.3 Å². The molecule has 0 aliphatic heterocycles. The predicted molar refractivity (Wildman–Crippen MR) is 188 cm³/mol. The summed E-state index contributed by atoms with van der Waals surface area (Å²) in [6.45, 7) is 0. The second-order valence-corrected chi connectivity index (χ2v) is 11.9. The molecule has 3 nitrogen and oxygen atoms in total. The summed E-state index contributed by atoms with van der Waals surface area (Å²) >= 11 is 6.38. The minimum Gasteiger partial charge on any atom is -0.299 e. The number of hydrogen-bond acceptors (Lipinski definition) is 2. The number of nitrogens with zero attached hydrogens (tertiary/aromatic N) is 3. The van der Waals surface area contributed by atoms with Crippen molar-refractivity contribution in [2.75, 3.05) is 0 Å². The molecule has 0 spiro atoms. The van der Waals surface area contributed by atoms with E-state index in [0.717, 1.165) is 59.6 Å². The van der Waals surface area contributed by atoms with Crippen molar-refractivity contribution in [3.8, 4) is 5.69 Å². The zero-order chi connectivity index (χ0) is 28.9. The molecule has 0 aliphatic rings. The van der Waals surface area contributed by atoms with Gasteiger partial charge < -0.3 is 0 Å². The molecule has 0 bridgehead atoms. The molecule has 44 heavy (non-hydrogen) atoms. The Labute approximate surface area is 256 Å². The van der Waals surface area contributed by atoms with Gasteiger partial charge in [0.15, 0.2) is 0 Å². The third-order valence-corrected chi connectivity index (χ3v) is 9.66. The average molecular weight is 578 g/mol. The van der Waals surface area contributed by atoms with Gasteiger partial charge in [0, 0.05) is 16.5 Å². The van der Waals surface area contributed by atoms with Crippen molar-refractivity contribution in [1.29, 1.82) is 0 Å². The summed E-state index contributed by atoms with van der Waals surface area (Å²) in [4.78, 5) is 5.25. The predicted octanol–water partition coefficient (Wildman–Crippen LogP) is 10.9. The Hall–Kier alpha value is -5.58. The Morgan fingerprint density at radius 1 is 0.455 bits per heavy atom. The molecule has 4 heteroatoms. The Morgan fingerprint density at radius 3 is 1.68 bits per heavy atom. The molecule has 0 unspecified atom stereocenters. The highest BCUT2D eigenvalue weighted by Crippen LogP contribution is 2.40. The van der Waals surface area contributed by atoms with Crippen LogP contribution in [0.5, 0.6) is 0 Å². The topological polar surface area (TPSA) is 22.2 Å². The Kier molecular flexibility index (Phi) is 4.74. The fourth-order valence-electron chi connectivity index (χ4n) is 7.42. The molecule has 0 N–H and O–H groups in total. The van der Waals surface area contributed by atoms with E-state index in [1.54, 1.807) is 0 Å². The number of para-hydroxylation sites is 3. The van der Waals surface area contributed by atoms with E-state index in [1.807, 2.05) is 0 Å². The molecule has 0 amide bonds. The average Bonchev–Trinajstić information content (AvgIpc) is 3.48. The first kappa shape index (κ1) is 23.9. The number of hydrogen-bond donors (Lipinski definition) is 0. The summed E-state index contributed by atoms with van der Waals surface area (Å²) in [5.74, 6) is 0. The van der Waals surface area contributed by atoms with Gasteiger partial charge in [-0.2, -0.15) is 0 Å². The van der Waals surface area contributed by atoms with E-state index in [4.69, 9.17) is 17.2 Å². The van der Waals surface area contributed by atoms with Gasteiger partial charge in [0.2, 0.25) is 0 Å². The van der Waals surface area contributed by atoms with E-state index < -0.39 is 0 Å². The van der Waals surface area contributed by atoms with Crippen LogP contribution < -0.4 is 0 Å². The number of benzene rings is 7. The van der Waals surface area contributed by atoms with Gasteiger partial charge in [-0.15, -0.1) is 0 Å². The van der Waals surface area contributed by atoms with Crippen molar-refractivity contribution in [2.45, 2.75) is 0 Å². The number of fused-ring (bicyclic) bond motifs is 16. The van der Waals surface area contributed by atoms with Crippen LogP contribution in [0.25, 0.3) is 87.3 Å². The number of imidazole rings is 1. The van der Waals surface area contributed by atoms with Crippen molar-refractivity contribution in [1.82, 2.24) is 14.0 Å². The molecule has 3 heterocycles. The maximum Gasteiger partial charge on any atom is 0.148 e. The van der Waals surface area contributed by atoms with E-state index in [0.29, 0.717) is 0 Å². The minimum atomic E-state index is 0.795. The lowest BCUT2D eigenvalue weighted by atomic mass is 9.94. The quantitative estimate of drug-likeness (QED) is 0.143. The van der Waals surface area contributed by atoms with Gasteiger partial charge >= 0.3 is 0 Å². The van der Waals surface area contributed by atoms with E-state index >= 15 is 0 Å². The first-order valence-electron chi connectivity index (χ1n) is 14.9. The van der Waals surface area contributed by atoms with Crippen LogP contribution in [0.2, 0.25) is 0 Å². The molecule has 7 aromatic carbocycles. The summed E-state index contributed by atoms with van der Waals surface area (Å²) in [5, 5.41) is 11.9. The molecule has 0 saturated heterocycles. The summed E-state index contributed by atoms with van der Waals surface area (Å²) in [7, 11) is 0. The SMILES string of the molecule is S=c1c2ccccc2c2c(c3ccccc3n3c4ccccc4nc23)n1-c1ccc2c3ccccc3c3ccccc3c2c1. The molecule has 0 aliphatic carbocycles. The fraction of sp³-hybridized carbons (Fsp3) is 0. The molecule has 10 aromatic rings. The van der Waals surface area contributed by atoms with Crippen molar-refractivity contribution in [2.24, 2.45) is 0 Å².